The van der Waals surface area contributed by atoms with Gasteiger partial charge in [-0.2, -0.15) is 0 Å². The Bertz CT molecular complexity index is 681. The highest BCUT2D eigenvalue weighted by Crippen LogP contribution is 2.33. The van der Waals surface area contributed by atoms with Crippen LogP contribution in [-0.2, 0) is 27.1 Å². The lowest BCUT2D eigenvalue weighted by molar-refractivity contribution is -0.146. The molecule has 0 radical (unpaired) electrons. The van der Waals surface area contributed by atoms with Gasteiger partial charge in [-0.15, -0.1) is 0 Å². The quantitative estimate of drug-likeness (QED) is 0.673. The molecular weight excluding hydrogens is 312 g/mol. The molecule has 0 aliphatic heterocycles. The van der Waals surface area contributed by atoms with E-state index in [1.54, 1.807) is 0 Å². The minimum absolute atomic E-state index is 0.144. The summed E-state index contributed by atoms with van der Waals surface area (Å²) in [5.41, 5.74) is 4.02. The molecule has 1 aliphatic carbocycles. The molecule has 0 amide bonds. The van der Waals surface area contributed by atoms with Crippen LogP contribution in [0.3, 0.4) is 0 Å². The van der Waals surface area contributed by atoms with Crippen molar-refractivity contribution in [3.63, 3.8) is 0 Å². The van der Waals surface area contributed by atoms with E-state index in [0.717, 1.165) is 19.3 Å². The molecule has 132 valence electrons. The molecule has 0 saturated heterocycles. The van der Waals surface area contributed by atoms with E-state index in [-0.39, 0.29) is 12.1 Å². The van der Waals surface area contributed by atoms with Gasteiger partial charge in [0.15, 0.2) is 0 Å². The smallest absolute Gasteiger partial charge is 0.308 e. The minimum atomic E-state index is -0.185. The Kier molecular flexibility index (Phi) is 6.24. The lowest BCUT2D eigenvalue weighted by atomic mass is 10.0. The number of carbonyl (C=O) groups is 1. The van der Waals surface area contributed by atoms with Gasteiger partial charge in [-0.05, 0) is 42.9 Å². The maximum absolute atomic E-state index is 11.9. The summed E-state index contributed by atoms with van der Waals surface area (Å²) in [6.45, 7) is 2.90. The van der Waals surface area contributed by atoms with Crippen LogP contribution >= 0.6 is 0 Å². The van der Waals surface area contributed by atoms with E-state index >= 15 is 0 Å². The molecule has 3 nitrogen and oxygen atoms in total. The second-order valence-corrected chi connectivity index (χ2v) is 6.59. The van der Waals surface area contributed by atoms with Crippen molar-refractivity contribution in [1.29, 1.82) is 0 Å². The predicted octanol–water partition coefficient (Wildman–Crippen LogP) is 4.30. The summed E-state index contributed by atoms with van der Waals surface area (Å²) in [7, 11) is 0. The number of aryl methyl sites for hydroxylation is 1. The lowest BCUT2D eigenvalue weighted by Crippen LogP contribution is -2.24. The van der Waals surface area contributed by atoms with Gasteiger partial charge < -0.3 is 9.47 Å². The zero-order valence-electron chi connectivity index (χ0n) is 14.8. The Hall–Kier alpha value is -2.13. The summed E-state index contributed by atoms with van der Waals surface area (Å²) >= 11 is 0. The SMILES string of the molecule is CCOC(=O)CC(Cc1ccccc1)OCC1CCc2ccccc21. The number of benzene rings is 2. The van der Waals surface area contributed by atoms with Crippen LogP contribution in [0.1, 0.15) is 42.4 Å². The number of carbonyl (C=O) groups excluding carboxylic acids is 1. The van der Waals surface area contributed by atoms with Crippen LogP contribution in [0.5, 0.6) is 0 Å². The van der Waals surface area contributed by atoms with Crippen molar-refractivity contribution in [2.45, 2.75) is 44.6 Å². The van der Waals surface area contributed by atoms with Crippen LogP contribution in [0.2, 0.25) is 0 Å². The minimum Gasteiger partial charge on any atom is -0.466 e. The number of rotatable bonds is 8. The summed E-state index contributed by atoms with van der Waals surface area (Å²) in [4.78, 5) is 11.9. The second kappa shape index (κ2) is 8.82. The number of fused-ring (bicyclic) bond motifs is 1. The zero-order valence-corrected chi connectivity index (χ0v) is 14.8. The topological polar surface area (TPSA) is 35.5 Å². The highest BCUT2D eigenvalue weighted by atomic mass is 16.5. The molecule has 1 aliphatic rings. The number of esters is 1. The third-order valence-corrected chi connectivity index (χ3v) is 4.80. The van der Waals surface area contributed by atoms with Gasteiger partial charge in [-0.25, -0.2) is 0 Å². The van der Waals surface area contributed by atoms with Gasteiger partial charge in [0.2, 0.25) is 0 Å². The van der Waals surface area contributed by atoms with E-state index in [2.05, 4.69) is 36.4 Å². The Balaban J connectivity index is 1.62. The average molecular weight is 338 g/mol. The zero-order chi connectivity index (χ0) is 17.5. The Labute approximate surface area is 150 Å². The highest BCUT2D eigenvalue weighted by Gasteiger charge is 2.24. The van der Waals surface area contributed by atoms with E-state index in [4.69, 9.17) is 9.47 Å². The summed E-state index contributed by atoms with van der Waals surface area (Å²) in [5, 5.41) is 0. The number of ether oxygens (including phenoxy) is 2. The molecule has 0 fully saturated rings. The van der Waals surface area contributed by atoms with E-state index in [1.165, 1.54) is 16.7 Å². The van der Waals surface area contributed by atoms with Crippen molar-refractivity contribution < 1.29 is 14.3 Å². The van der Waals surface area contributed by atoms with Gasteiger partial charge in [0.05, 0.1) is 25.7 Å². The standard InChI is InChI=1S/C22H26O3/c1-2-24-22(23)15-20(14-17-8-4-3-5-9-17)25-16-19-13-12-18-10-6-7-11-21(18)19/h3-11,19-20H,2,12-16H2,1H3. The molecule has 0 bridgehead atoms. The fourth-order valence-electron chi connectivity index (χ4n) is 3.54. The third kappa shape index (κ3) is 4.93. The van der Waals surface area contributed by atoms with Gasteiger partial charge in [0.25, 0.3) is 0 Å². The van der Waals surface area contributed by atoms with Crippen molar-refractivity contribution in [2.24, 2.45) is 0 Å². The molecule has 0 spiro atoms. The molecule has 0 heterocycles. The predicted molar refractivity (Wildman–Crippen MR) is 98.6 cm³/mol. The van der Waals surface area contributed by atoms with Gasteiger partial charge >= 0.3 is 5.97 Å². The van der Waals surface area contributed by atoms with Crippen molar-refractivity contribution >= 4 is 5.97 Å². The molecule has 0 saturated carbocycles. The Morgan fingerprint density at radius 2 is 1.88 bits per heavy atom. The van der Waals surface area contributed by atoms with Gasteiger partial charge in [0.1, 0.15) is 0 Å². The van der Waals surface area contributed by atoms with Crippen molar-refractivity contribution in [1.82, 2.24) is 0 Å². The van der Waals surface area contributed by atoms with Crippen LogP contribution in [0, 0.1) is 0 Å². The van der Waals surface area contributed by atoms with Crippen molar-refractivity contribution in [3.8, 4) is 0 Å². The second-order valence-electron chi connectivity index (χ2n) is 6.59. The van der Waals surface area contributed by atoms with Crippen LogP contribution in [0.4, 0.5) is 0 Å². The van der Waals surface area contributed by atoms with Gasteiger partial charge in [-0.1, -0.05) is 54.6 Å². The van der Waals surface area contributed by atoms with Crippen molar-refractivity contribution in [2.75, 3.05) is 13.2 Å². The molecule has 25 heavy (non-hydrogen) atoms. The molecule has 3 heteroatoms. The average Bonchev–Trinajstić information content (AvgIpc) is 3.04. The number of hydrogen-bond donors (Lipinski definition) is 0. The molecule has 2 unspecified atom stereocenters. The highest BCUT2D eigenvalue weighted by molar-refractivity contribution is 5.70. The third-order valence-electron chi connectivity index (χ3n) is 4.80. The van der Waals surface area contributed by atoms with Crippen LogP contribution in [0.25, 0.3) is 0 Å². The van der Waals surface area contributed by atoms with Crippen LogP contribution in [0.15, 0.2) is 54.6 Å². The molecule has 3 rings (SSSR count). The Morgan fingerprint density at radius 3 is 2.68 bits per heavy atom. The largest absolute Gasteiger partial charge is 0.466 e. The van der Waals surface area contributed by atoms with E-state index < -0.39 is 0 Å². The molecule has 0 N–H and O–H groups in total. The summed E-state index contributed by atoms with van der Waals surface area (Å²) in [6, 6.07) is 18.8. The number of hydrogen-bond acceptors (Lipinski definition) is 3. The van der Waals surface area contributed by atoms with Gasteiger partial charge in [-0.3, -0.25) is 4.79 Å². The maximum atomic E-state index is 11.9. The molecule has 0 aromatic heterocycles. The summed E-state index contributed by atoms with van der Waals surface area (Å²) in [5.74, 6) is 0.243. The normalized spacial score (nSPS) is 17.1. The van der Waals surface area contributed by atoms with Crippen LogP contribution < -0.4 is 0 Å². The van der Waals surface area contributed by atoms with Crippen LogP contribution in [-0.4, -0.2) is 25.3 Å². The van der Waals surface area contributed by atoms with Gasteiger partial charge in [0, 0.05) is 5.92 Å². The fraction of sp³-hybridized carbons (Fsp3) is 0.409. The Morgan fingerprint density at radius 1 is 1.12 bits per heavy atom. The first-order valence-corrected chi connectivity index (χ1v) is 9.15. The van der Waals surface area contributed by atoms with E-state index in [1.807, 2.05) is 25.1 Å². The summed E-state index contributed by atoms with van der Waals surface area (Å²) < 4.78 is 11.3. The summed E-state index contributed by atoms with van der Waals surface area (Å²) in [6.07, 6.45) is 3.13. The first kappa shape index (κ1) is 17.7. The molecule has 2 atom stereocenters. The first-order chi connectivity index (χ1) is 12.3. The monoisotopic (exact) mass is 338 g/mol. The van der Waals surface area contributed by atoms with Crippen molar-refractivity contribution in [3.05, 3.63) is 71.3 Å². The molecular formula is C22H26O3. The van der Waals surface area contributed by atoms with E-state index in [0.29, 0.717) is 25.6 Å². The lowest BCUT2D eigenvalue weighted by Gasteiger charge is -2.20. The fourth-order valence-corrected chi connectivity index (χ4v) is 3.54. The molecule has 2 aromatic rings. The van der Waals surface area contributed by atoms with E-state index in [9.17, 15) is 4.79 Å². The molecule has 2 aromatic carbocycles. The first-order valence-electron chi connectivity index (χ1n) is 9.15. The maximum Gasteiger partial charge on any atom is 0.308 e.